The highest BCUT2D eigenvalue weighted by Crippen LogP contribution is 2.25. The molecule has 18 heavy (non-hydrogen) atoms. The SMILES string of the molecule is COc1ccc(CC(=O)Cc2cccs2)cc1Br. The number of methoxy groups -OCH3 is 1. The number of ketones is 1. The highest BCUT2D eigenvalue weighted by molar-refractivity contribution is 9.10. The quantitative estimate of drug-likeness (QED) is 0.834. The molecule has 4 heteroatoms. The molecule has 0 saturated carbocycles. The molecule has 2 aromatic rings. The van der Waals surface area contributed by atoms with Crippen LogP contribution in [0.3, 0.4) is 0 Å². The van der Waals surface area contributed by atoms with Gasteiger partial charge in [-0.15, -0.1) is 11.3 Å². The summed E-state index contributed by atoms with van der Waals surface area (Å²) in [6.07, 6.45) is 0.974. The first-order valence-electron chi connectivity index (χ1n) is 5.55. The van der Waals surface area contributed by atoms with Crippen molar-refractivity contribution in [3.8, 4) is 5.75 Å². The van der Waals surface area contributed by atoms with Gasteiger partial charge in [0.1, 0.15) is 11.5 Å². The van der Waals surface area contributed by atoms with Gasteiger partial charge in [-0.1, -0.05) is 12.1 Å². The van der Waals surface area contributed by atoms with Gasteiger partial charge in [0.15, 0.2) is 0 Å². The van der Waals surface area contributed by atoms with Crippen LogP contribution in [-0.2, 0) is 17.6 Å². The molecule has 0 amide bonds. The summed E-state index contributed by atoms with van der Waals surface area (Å²) < 4.78 is 6.04. The van der Waals surface area contributed by atoms with Crippen LogP contribution in [-0.4, -0.2) is 12.9 Å². The Bertz CT molecular complexity index is 535. The van der Waals surface area contributed by atoms with Crippen molar-refractivity contribution >= 4 is 33.0 Å². The molecule has 0 atom stereocenters. The van der Waals surface area contributed by atoms with Gasteiger partial charge in [-0.2, -0.15) is 0 Å². The van der Waals surface area contributed by atoms with Gasteiger partial charge < -0.3 is 4.74 Å². The fourth-order valence-electron chi connectivity index (χ4n) is 1.72. The second-order valence-electron chi connectivity index (χ2n) is 3.94. The van der Waals surface area contributed by atoms with Crippen molar-refractivity contribution < 1.29 is 9.53 Å². The summed E-state index contributed by atoms with van der Waals surface area (Å²) in [5.74, 6) is 1.01. The van der Waals surface area contributed by atoms with Gasteiger partial charge in [-0.3, -0.25) is 4.79 Å². The van der Waals surface area contributed by atoms with Crippen LogP contribution in [0.15, 0.2) is 40.2 Å². The minimum absolute atomic E-state index is 0.231. The topological polar surface area (TPSA) is 26.3 Å². The Morgan fingerprint density at radius 1 is 1.33 bits per heavy atom. The number of carbonyl (C=O) groups is 1. The number of benzene rings is 1. The molecule has 0 N–H and O–H groups in total. The van der Waals surface area contributed by atoms with E-state index in [0.29, 0.717) is 12.8 Å². The maximum atomic E-state index is 11.9. The number of ether oxygens (including phenoxy) is 1. The van der Waals surface area contributed by atoms with E-state index in [9.17, 15) is 4.79 Å². The number of hydrogen-bond acceptors (Lipinski definition) is 3. The van der Waals surface area contributed by atoms with Crippen molar-refractivity contribution in [1.29, 1.82) is 0 Å². The fraction of sp³-hybridized carbons (Fsp3) is 0.214. The molecule has 94 valence electrons. The average molecular weight is 325 g/mol. The lowest BCUT2D eigenvalue weighted by Gasteiger charge is -2.05. The van der Waals surface area contributed by atoms with Crippen LogP contribution in [0, 0.1) is 0 Å². The maximum Gasteiger partial charge on any atom is 0.142 e. The van der Waals surface area contributed by atoms with Crippen molar-refractivity contribution in [3.05, 3.63) is 50.6 Å². The predicted octanol–water partition coefficient (Wildman–Crippen LogP) is 3.87. The zero-order valence-corrected chi connectivity index (χ0v) is 12.4. The molecule has 1 aromatic heterocycles. The van der Waals surface area contributed by atoms with Gasteiger partial charge in [-0.05, 0) is 45.1 Å². The van der Waals surface area contributed by atoms with Gasteiger partial charge in [0, 0.05) is 17.7 Å². The van der Waals surface area contributed by atoms with E-state index in [4.69, 9.17) is 4.74 Å². The number of hydrogen-bond donors (Lipinski definition) is 0. The minimum Gasteiger partial charge on any atom is -0.496 e. The van der Waals surface area contributed by atoms with Crippen LogP contribution in [0.1, 0.15) is 10.4 Å². The maximum absolute atomic E-state index is 11.9. The molecule has 0 fully saturated rings. The molecule has 0 aliphatic rings. The molecule has 1 aromatic carbocycles. The van der Waals surface area contributed by atoms with E-state index in [1.807, 2.05) is 35.7 Å². The molecule has 0 saturated heterocycles. The lowest BCUT2D eigenvalue weighted by atomic mass is 10.1. The fourth-order valence-corrected chi connectivity index (χ4v) is 3.04. The molecule has 2 nitrogen and oxygen atoms in total. The summed E-state index contributed by atoms with van der Waals surface area (Å²) >= 11 is 5.04. The highest BCUT2D eigenvalue weighted by atomic mass is 79.9. The number of carbonyl (C=O) groups excluding carboxylic acids is 1. The van der Waals surface area contributed by atoms with Gasteiger partial charge in [0.05, 0.1) is 11.6 Å². The number of thiophene rings is 1. The number of Topliss-reactive ketones (excluding diaryl/α,β-unsaturated/α-hetero) is 1. The third kappa shape index (κ3) is 3.43. The lowest BCUT2D eigenvalue weighted by molar-refractivity contribution is -0.117. The first-order chi connectivity index (χ1) is 8.69. The zero-order chi connectivity index (χ0) is 13.0. The molecule has 1 heterocycles. The van der Waals surface area contributed by atoms with Gasteiger partial charge >= 0.3 is 0 Å². The van der Waals surface area contributed by atoms with E-state index in [2.05, 4.69) is 15.9 Å². The summed E-state index contributed by atoms with van der Waals surface area (Å²) in [6.45, 7) is 0. The number of rotatable bonds is 5. The molecule has 0 spiro atoms. The molecule has 0 radical (unpaired) electrons. The molecule has 2 rings (SSSR count). The van der Waals surface area contributed by atoms with Gasteiger partial charge in [0.2, 0.25) is 0 Å². The van der Waals surface area contributed by atoms with Gasteiger partial charge in [-0.25, -0.2) is 0 Å². The Hall–Kier alpha value is -1.13. The van der Waals surface area contributed by atoms with Gasteiger partial charge in [0.25, 0.3) is 0 Å². The van der Waals surface area contributed by atoms with Crippen LogP contribution >= 0.6 is 27.3 Å². The van der Waals surface area contributed by atoms with E-state index >= 15 is 0 Å². The molecular formula is C14H13BrO2S. The molecule has 0 bridgehead atoms. The van der Waals surface area contributed by atoms with E-state index in [-0.39, 0.29) is 5.78 Å². The van der Waals surface area contributed by atoms with E-state index in [1.165, 1.54) is 0 Å². The van der Waals surface area contributed by atoms with Crippen molar-refractivity contribution in [2.24, 2.45) is 0 Å². The Morgan fingerprint density at radius 3 is 2.78 bits per heavy atom. The van der Waals surface area contributed by atoms with E-state index in [0.717, 1.165) is 20.7 Å². The third-order valence-corrected chi connectivity index (χ3v) is 4.07. The average Bonchev–Trinajstić information content (AvgIpc) is 2.82. The Kier molecular flexibility index (Phi) is 4.55. The molecule has 0 aliphatic carbocycles. The van der Waals surface area contributed by atoms with E-state index in [1.54, 1.807) is 18.4 Å². The Balaban J connectivity index is 2.01. The highest BCUT2D eigenvalue weighted by Gasteiger charge is 2.08. The van der Waals surface area contributed by atoms with Crippen LogP contribution in [0.2, 0.25) is 0 Å². The first-order valence-corrected chi connectivity index (χ1v) is 7.23. The summed E-state index contributed by atoms with van der Waals surface area (Å²) in [5, 5.41) is 1.99. The smallest absolute Gasteiger partial charge is 0.142 e. The Morgan fingerprint density at radius 2 is 2.17 bits per heavy atom. The third-order valence-electron chi connectivity index (χ3n) is 2.57. The molecule has 0 unspecified atom stereocenters. The number of halogens is 1. The van der Waals surface area contributed by atoms with Crippen molar-refractivity contribution in [2.75, 3.05) is 7.11 Å². The van der Waals surface area contributed by atoms with Crippen LogP contribution < -0.4 is 4.74 Å². The van der Waals surface area contributed by atoms with E-state index < -0.39 is 0 Å². The summed E-state index contributed by atoms with van der Waals surface area (Å²) in [7, 11) is 1.63. The summed E-state index contributed by atoms with van der Waals surface area (Å²) in [6, 6.07) is 9.70. The molecule has 0 aliphatic heterocycles. The summed E-state index contributed by atoms with van der Waals surface area (Å²) in [4.78, 5) is 13.0. The van der Waals surface area contributed by atoms with Crippen LogP contribution in [0.4, 0.5) is 0 Å². The monoisotopic (exact) mass is 324 g/mol. The second-order valence-corrected chi connectivity index (χ2v) is 5.83. The van der Waals surface area contributed by atoms with Crippen LogP contribution in [0.25, 0.3) is 0 Å². The largest absolute Gasteiger partial charge is 0.496 e. The predicted molar refractivity (Wildman–Crippen MR) is 77.4 cm³/mol. The standard InChI is InChI=1S/C14H13BrO2S/c1-17-14-5-4-10(8-13(14)15)7-11(16)9-12-3-2-6-18-12/h2-6,8H,7,9H2,1H3. The lowest BCUT2D eigenvalue weighted by Crippen LogP contribution is -2.05. The van der Waals surface area contributed by atoms with Crippen LogP contribution in [0.5, 0.6) is 5.75 Å². The minimum atomic E-state index is 0.231. The molecular weight excluding hydrogens is 312 g/mol. The van der Waals surface area contributed by atoms with Crippen molar-refractivity contribution in [2.45, 2.75) is 12.8 Å². The Labute approximate surface area is 119 Å². The normalized spacial score (nSPS) is 10.3. The first kappa shape index (κ1) is 13.3. The van der Waals surface area contributed by atoms with Crippen molar-refractivity contribution in [1.82, 2.24) is 0 Å². The summed E-state index contributed by atoms with van der Waals surface area (Å²) in [5.41, 5.74) is 1.00. The van der Waals surface area contributed by atoms with Crippen molar-refractivity contribution in [3.63, 3.8) is 0 Å². The second kappa shape index (κ2) is 6.16. The zero-order valence-electron chi connectivity index (χ0n) is 9.98.